The van der Waals surface area contributed by atoms with E-state index in [1.165, 1.54) is 0 Å². The molecule has 0 aromatic carbocycles. The highest BCUT2D eigenvalue weighted by atomic mass is 35.5. The van der Waals surface area contributed by atoms with Gasteiger partial charge in [0, 0.05) is 25.8 Å². The smallest absolute Gasteiger partial charge is 0.256 e. The van der Waals surface area contributed by atoms with Gasteiger partial charge in [-0.15, -0.1) is 0 Å². The molecule has 0 radical (unpaired) electrons. The first kappa shape index (κ1) is 14.6. The Morgan fingerprint density at radius 3 is 2.67 bits per heavy atom. The Balaban J connectivity index is 1.75. The largest absolute Gasteiger partial charge is 0.378 e. The van der Waals surface area contributed by atoms with Gasteiger partial charge in [0.05, 0.1) is 11.6 Å². The van der Waals surface area contributed by atoms with Crippen LogP contribution in [0.2, 0.25) is 5.02 Å². The summed E-state index contributed by atoms with van der Waals surface area (Å²) in [5.41, 5.74) is -1.29. The Bertz CT molecular complexity index is 516. The number of carbonyl (C=O) groups is 1. The lowest BCUT2D eigenvalue weighted by atomic mass is 9.91. The number of amides is 1. The fourth-order valence-electron chi connectivity index (χ4n) is 3.18. The van der Waals surface area contributed by atoms with Crippen molar-refractivity contribution in [1.29, 1.82) is 0 Å². The third kappa shape index (κ3) is 2.99. The van der Waals surface area contributed by atoms with Gasteiger partial charge in [-0.3, -0.25) is 4.79 Å². The molecule has 114 valence electrons. The van der Waals surface area contributed by atoms with E-state index in [4.69, 9.17) is 11.6 Å². The fraction of sp³-hybridized carbons (Fsp3) is 0.600. The van der Waals surface area contributed by atoms with Crippen molar-refractivity contribution in [2.45, 2.75) is 31.3 Å². The van der Waals surface area contributed by atoms with E-state index in [-0.39, 0.29) is 5.91 Å². The molecule has 2 aliphatic heterocycles. The second-order valence-corrected chi connectivity index (χ2v) is 6.33. The molecule has 3 heterocycles. The molecule has 6 heteroatoms. The van der Waals surface area contributed by atoms with Crippen molar-refractivity contribution in [2.24, 2.45) is 0 Å². The number of anilines is 1. The van der Waals surface area contributed by atoms with E-state index in [1.54, 1.807) is 17.2 Å². The first-order chi connectivity index (χ1) is 10.1. The molecule has 1 aromatic rings. The van der Waals surface area contributed by atoms with Gasteiger partial charge in [0.15, 0.2) is 5.60 Å². The second kappa shape index (κ2) is 5.81. The fourth-order valence-corrected chi connectivity index (χ4v) is 3.29. The molecule has 1 N–H and O–H groups in total. The van der Waals surface area contributed by atoms with Crippen molar-refractivity contribution < 1.29 is 9.90 Å². The number of rotatable bonds is 2. The predicted octanol–water partition coefficient (Wildman–Crippen LogP) is 1.69. The number of nitrogens with zero attached hydrogens (tertiary/aromatic N) is 3. The first-order valence-corrected chi connectivity index (χ1v) is 7.85. The highest BCUT2D eigenvalue weighted by Crippen LogP contribution is 2.28. The van der Waals surface area contributed by atoms with E-state index in [9.17, 15) is 9.90 Å². The summed E-state index contributed by atoms with van der Waals surface area (Å²) in [6, 6.07) is 3.61. The van der Waals surface area contributed by atoms with Crippen LogP contribution in [0, 0.1) is 0 Å². The molecular formula is C15H20ClN3O2. The third-order valence-corrected chi connectivity index (χ3v) is 4.52. The Morgan fingerprint density at radius 1 is 1.24 bits per heavy atom. The Hall–Kier alpha value is -1.33. The summed E-state index contributed by atoms with van der Waals surface area (Å²) in [7, 11) is 0. The van der Waals surface area contributed by atoms with E-state index in [1.807, 2.05) is 11.0 Å². The normalized spacial score (nSPS) is 26.2. The number of pyridine rings is 1. The van der Waals surface area contributed by atoms with Crippen LogP contribution in [0.1, 0.15) is 25.7 Å². The van der Waals surface area contributed by atoms with Crippen LogP contribution in [0.4, 0.5) is 5.82 Å². The number of β-amino-alcohol motifs (C(OH)–C–C–N with tert-alkyl or cyclic N) is 1. The van der Waals surface area contributed by atoms with Crippen LogP contribution < -0.4 is 4.90 Å². The predicted molar refractivity (Wildman–Crippen MR) is 81.5 cm³/mol. The van der Waals surface area contributed by atoms with Gasteiger partial charge in [0.25, 0.3) is 5.91 Å². The van der Waals surface area contributed by atoms with Crippen molar-refractivity contribution in [3.63, 3.8) is 0 Å². The number of piperidine rings is 1. The van der Waals surface area contributed by atoms with E-state index in [0.29, 0.717) is 18.0 Å². The van der Waals surface area contributed by atoms with Crippen LogP contribution in [-0.4, -0.2) is 52.7 Å². The lowest BCUT2D eigenvalue weighted by Crippen LogP contribution is -2.57. The zero-order valence-corrected chi connectivity index (χ0v) is 12.7. The average Bonchev–Trinajstić information content (AvgIpc) is 3.01. The summed E-state index contributed by atoms with van der Waals surface area (Å²) in [6.07, 6.45) is 4.95. The van der Waals surface area contributed by atoms with E-state index >= 15 is 0 Å². The van der Waals surface area contributed by atoms with Crippen LogP contribution >= 0.6 is 11.6 Å². The molecular weight excluding hydrogens is 290 g/mol. The molecule has 0 spiro atoms. The number of aliphatic hydroxyl groups is 1. The van der Waals surface area contributed by atoms with Crippen LogP contribution in [0.3, 0.4) is 0 Å². The standard InChI is InChI=1S/C15H20ClN3O2/c16-12-4-5-13(17-10-12)19-9-3-6-15(21,11-19)14(20)18-7-1-2-8-18/h4-5,10,21H,1-3,6-9,11H2/t15-/m1/s1. The summed E-state index contributed by atoms with van der Waals surface area (Å²) < 4.78 is 0. The average molecular weight is 310 g/mol. The maximum Gasteiger partial charge on any atom is 0.256 e. The van der Waals surface area contributed by atoms with E-state index < -0.39 is 5.60 Å². The summed E-state index contributed by atoms with van der Waals surface area (Å²) in [5.74, 6) is 0.630. The van der Waals surface area contributed by atoms with Gasteiger partial charge >= 0.3 is 0 Å². The number of likely N-dealkylation sites (tertiary alicyclic amines) is 1. The molecule has 2 saturated heterocycles. The molecule has 2 fully saturated rings. The van der Waals surface area contributed by atoms with Crippen LogP contribution in [-0.2, 0) is 4.79 Å². The number of aromatic nitrogens is 1. The van der Waals surface area contributed by atoms with Gasteiger partial charge in [0.2, 0.25) is 0 Å². The third-order valence-electron chi connectivity index (χ3n) is 4.30. The molecule has 0 bridgehead atoms. The summed E-state index contributed by atoms with van der Waals surface area (Å²) in [4.78, 5) is 20.6. The Kier molecular flexibility index (Phi) is 4.04. The minimum atomic E-state index is -1.29. The quantitative estimate of drug-likeness (QED) is 0.903. The molecule has 0 unspecified atom stereocenters. The zero-order chi connectivity index (χ0) is 14.9. The monoisotopic (exact) mass is 309 g/mol. The Labute approximate surface area is 129 Å². The van der Waals surface area contributed by atoms with Gasteiger partial charge in [-0.1, -0.05) is 11.6 Å². The van der Waals surface area contributed by atoms with Gasteiger partial charge in [-0.25, -0.2) is 4.98 Å². The lowest BCUT2D eigenvalue weighted by molar-refractivity contribution is -0.151. The van der Waals surface area contributed by atoms with Gasteiger partial charge < -0.3 is 14.9 Å². The summed E-state index contributed by atoms with van der Waals surface area (Å²) >= 11 is 5.85. The molecule has 1 aromatic heterocycles. The first-order valence-electron chi connectivity index (χ1n) is 7.47. The maximum atomic E-state index is 12.6. The number of hydrogen-bond acceptors (Lipinski definition) is 4. The number of carbonyl (C=O) groups excluding carboxylic acids is 1. The van der Waals surface area contributed by atoms with Crippen molar-refractivity contribution in [3.8, 4) is 0 Å². The van der Waals surface area contributed by atoms with Crippen LogP contribution in [0.25, 0.3) is 0 Å². The van der Waals surface area contributed by atoms with Crippen LogP contribution in [0.5, 0.6) is 0 Å². The summed E-state index contributed by atoms with van der Waals surface area (Å²) in [6.45, 7) is 2.63. The molecule has 0 aliphatic carbocycles. The van der Waals surface area contributed by atoms with Crippen molar-refractivity contribution in [3.05, 3.63) is 23.4 Å². The van der Waals surface area contributed by atoms with E-state index in [2.05, 4.69) is 4.98 Å². The highest BCUT2D eigenvalue weighted by molar-refractivity contribution is 6.30. The topological polar surface area (TPSA) is 56.7 Å². The number of hydrogen-bond donors (Lipinski definition) is 1. The molecule has 21 heavy (non-hydrogen) atoms. The molecule has 5 nitrogen and oxygen atoms in total. The van der Waals surface area contributed by atoms with Crippen molar-refractivity contribution >= 4 is 23.3 Å². The Morgan fingerprint density at radius 2 is 2.00 bits per heavy atom. The SMILES string of the molecule is O=C(N1CCCC1)[C@@]1(O)CCCN(c2ccc(Cl)cn2)C1. The minimum Gasteiger partial charge on any atom is -0.378 e. The lowest BCUT2D eigenvalue weighted by Gasteiger charge is -2.40. The molecule has 1 amide bonds. The minimum absolute atomic E-state index is 0.126. The van der Waals surface area contributed by atoms with E-state index in [0.717, 1.165) is 44.7 Å². The number of halogens is 1. The molecule has 0 saturated carbocycles. The van der Waals surface area contributed by atoms with Crippen molar-refractivity contribution in [1.82, 2.24) is 9.88 Å². The summed E-state index contributed by atoms with van der Waals surface area (Å²) in [5, 5.41) is 11.4. The van der Waals surface area contributed by atoms with Crippen LogP contribution in [0.15, 0.2) is 18.3 Å². The molecule has 1 atom stereocenters. The zero-order valence-electron chi connectivity index (χ0n) is 12.0. The van der Waals surface area contributed by atoms with Gasteiger partial charge in [-0.05, 0) is 37.8 Å². The van der Waals surface area contributed by atoms with Gasteiger partial charge in [0.1, 0.15) is 5.82 Å². The second-order valence-electron chi connectivity index (χ2n) is 5.89. The molecule has 3 rings (SSSR count). The highest BCUT2D eigenvalue weighted by Gasteiger charge is 2.43. The van der Waals surface area contributed by atoms with Gasteiger partial charge in [-0.2, -0.15) is 0 Å². The van der Waals surface area contributed by atoms with Crippen molar-refractivity contribution in [2.75, 3.05) is 31.1 Å². The maximum absolute atomic E-state index is 12.6. The molecule has 2 aliphatic rings.